The SMILES string of the molecule is CCO/N=C1/CN(c2c(F)cc3c(=O)c(C(=O)O)cn(C4CC4)c3c2OC)CC1/C(N)=N\O. The molecule has 0 radical (unpaired) electrons. The Kier molecular flexibility index (Phi) is 5.83. The summed E-state index contributed by atoms with van der Waals surface area (Å²) < 4.78 is 22.7. The van der Waals surface area contributed by atoms with Crippen molar-refractivity contribution in [3.05, 3.63) is 33.9 Å². The summed E-state index contributed by atoms with van der Waals surface area (Å²) >= 11 is 0. The maximum absolute atomic E-state index is 15.5. The molecule has 12 heteroatoms. The number of carbonyl (C=O) groups is 1. The number of nitrogens with zero attached hydrogens (tertiary/aromatic N) is 4. The molecule has 1 aromatic heterocycles. The van der Waals surface area contributed by atoms with Crippen molar-refractivity contribution >= 4 is 34.1 Å². The maximum Gasteiger partial charge on any atom is 0.341 e. The molecule has 0 spiro atoms. The van der Waals surface area contributed by atoms with E-state index in [1.807, 2.05) is 0 Å². The summed E-state index contributed by atoms with van der Waals surface area (Å²) in [5.74, 6) is -2.77. The lowest BCUT2D eigenvalue weighted by Crippen LogP contribution is -2.31. The first kappa shape index (κ1) is 22.4. The predicted molar refractivity (Wildman–Crippen MR) is 118 cm³/mol. The van der Waals surface area contributed by atoms with Crippen molar-refractivity contribution in [2.75, 3.05) is 31.7 Å². The van der Waals surface area contributed by atoms with E-state index in [0.29, 0.717) is 17.8 Å². The van der Waals surface area contributed by atoms with E-state index in [9.17, 15) is 14.7 Å². The number of carboxylic acids is 1. The minimum atomic E-state index is -1.38. The highest BCUT2D eigenvalue weighted by Gasteiger charge is 2.37. The standard InChI is InChI=1S/C21H24FN5O6/c1-3-33-25-15-9-26(7-12(15)20(23)24-31)17-14(22)6-11-16(19(17)32-2)27(10-4-5-10)8-13(18(11)28)21(29)30/h6,8,10,12,31H,3-5,7,9H2,1-2H3,(H2,23,24)(H,29,30)/b25-15-. The number of ether oxygens (including phenoxy) is 1. The van der Waals surface area contributed by atoms with Gasteiger partial charge < -0.3 is 35.1 Å². The van der Waals surface area contributed by atoms with E-state index in [1.54, 1.807) is 16.4 Å². The molecule has 1 aliphatic carbocycles. The number of carboxylic acid groups (broad SMARTS) is 1. The summed E-state index contributed by atoms with van der Waals surface area (Å²) in [4.78, 5) is 31.2. The molecule has 0 bridgehead atoms. The fourth-order valence-corrected chi connectivity index (χ4v) is 4.16. The lowest BCUT2D eigenvalue weighted by atomic mass is 10.1. The number of hydrogen-bond donors (Lipinski definition) is 3. The van der Waals surface area contributed by atoms with Gasteiger partial charge in [-0.25, -0.2) is 9.18 Å². The molecule has 176 valence electrons. The summed E-state index contributed by atoms with van der Waals surface area (Å²) in [5, 5.41) is 25.6. The average Bonchev–Trinajstić information content (AvgIpc) is 3.56. The summed E-state index contributed by atoms with van der Waals surface area (Å²) in [6.07, 6.45) is 2.89. The number of nitrogens with two attached hydrogens (primary N) is 1. The minimum absolute atomic E-state index is 0.0167. The number of methoxy groups -OCH3 is 1. The number of benzene rings is 1. The fourth-order valence-electron chi connectivity index (χ4n) is 4.16. The van der Waals surface area contributed by atoms with Crippen LogP contribution >= 0.6 is 0 Å². The zero-order valence-electron chi connectivity index (χ0n) is 18.1. The largest absolute Gasteiger partial charge is 0.492 e. The van der Waals surface area contributed by atoms with Gasteiger partial charge in [-0.2, -0.15) is 0 Å². The van der Waals surface area contributed by atoms with Gasteiger partial charge in [-0.05, 0) is 25.8 Å². The van der Waals surface area contributed by atoms with Crippen LogP contribution in [0, 0.1) is 11.7 Å². The van der Waals surface area contributed by atoms with Crippen LogP contribution in [-0.2, 0) is 4.84 Å². The molecule has 1 atom stereocenters. The summed E-state index contributed by atoms with van der Waals surface area (Å²) in [6.45, 7) is 2.30. The Morgan fingerprint density at radius 1 is 1.39 bits per heavy atom. The number of fused-ring (bicyclic) bond motifs is 1. The Bertz CT molecular complexity index is 1240. The number of pyridine rings is 1. The molecule has 0 amide bonds. The highest BCUT2D eigenvalue weighted by atomic mass is 19.1. The number of anilines is 1. The van der Waals surface area contributed by atoms with E-state index in [1.165, 1.54) is 13.3 Å². The van der Waals surface area contributed by atoms with E-state index >= 15 is 4.39 Å². The third kappa shape index (κ3) is 3.81. The molecule has 4 rings (SSSR count). The quantitative estimate of drug-likeness (QED) is 0.244. The molecule has 2 fully saturated rings. The van der Waals surface area contributed by atoms with Crippen LogP contribution in [0.15, 0.2) is 27.4 Å². The summed E-state index contributed by atoms with van der Waals surface area (Å²) in [6, 6.07) is 1.02. The van der Waals surface area contributed by atoms with Crippen LogP contribution in [0.2, 0.25) is 0 Å². The van der Waals surface area contributed by atoms with E-state index in [0.717, 1.165) is 18.9 Å². The lowest BCUT2D eigenvalue weighted by molar-refractivity contribution is 0.0694. The van der Waals surface area contributed by atoms with Gasteiger partial charge in [-0.15, -0.1) is 0 Å². The van der Waals surface area contributed by atoms with Crippen molar-refractivity contribution in [1.82, 2.24) is 4.57 Å². The van der Waals surface area contributed by atoms with Gasteiger partial charge in [0.2, 0.25) is 5.43 Å². The van der Waals surface area contributed by atoms with Gasteiger partial charge >= 0.3 is 5.97 Å². The number of rotatable bonds is 7. The fraction of sp³-hybridized carbons (Fsp3) is 0.429. The number of aromatic nitrogens is 1. The Hall–Kier alpha value is -3.83. The molecule has 1 saturated heterocycles. The third-order valence-electron chi connectivity index (χ3n) is 5.83. The zero-order chi connectivity index (χ0) is 23.9. The van der Waals surface area contributed by atoms with Crippen LogP contribution in [0.5, 0.6) is 5.75 Å². The first-order chi connectivity index (χ1) is 15.8. The van der Waals surface area contributed by atoms with Gasteiger partial charge in [0.05, 0.1) is 36.2 Å². The Morgan fingerprint density at radius 3 is 2.70 bits per heavy atom. The number of halogens is 1. The van der Waals surface area contributed by atoms with Crippen LogP contribution in [0.4, 0.5) is 10.1 Å². The second-order valence-electron chi connectivity index (χ2n) is 7.91. The van der Waals surface area contributed by atoms with E-state index < -0.39 is 28.7 Å². The first-order valence-electron chi connectivity index (χ1n) is 10.4. The van der Waals surface area contributed by atoms with Crippen LogP contribution in [0.3, 0.4) is 0 Å². The predicted octanol–water partition coefficient (Wildman–Crippen LogP) is 1.76. The second-order valence-corrected chi connectivity index (χ2v) is 7.91. The lowest BCUT2D eigenvalue weighted by Gasteiger charge is -2.24. The van der Waals surface area contributed by atoms with Crippen molar-refractivity contribution in [2.24, 2.45) is 22.0 Å². The molecule has 1 unspecified atom stereocenters. The van der Waals surface area contributed by atoms with Gasteiger partial charge in [0.25, 0.3) is 0 Å². The van der Waals surface area contributed by atoms with Gasteiger partial charge in [-0.1, -0.05) is 10.3 Å². The van der Waals surface area contributed by atoms with Crippen LogP contribution < -0.4 is 20.8 Å². The molecule has 1 aliphatic heterocycles. The van der Waals surface area contributed by atoms with Crippen molar-refractivity contribution in [3.63, 3.8) is 0 Å². The van der Waals surface area contributed by atoms with Crippen molar-refractivity contribution in [2.45, 2.75) is 25.8 Å². The Labute approximate surface area is 187 Å². The second kappa shape index (κ2) is 8.60. The number of aromatic carboxylic acids is 1. The van der Waals surface area contributed by atoms with Crippen LogP contribution in [0.25, 0.3) is 10.9 Å². The smallest absolute Gasteiger partial charge is 0.341 e. The van der Waals surface area contributed by atoms with Gasteiger partial charge in [0, 0.05) is 18.8 Å². The highest BCUT2D eigenvalue weighted by molar-refractivity contribution is 6.10. The van der Waals surface area contributed by atoms with Gasteiger partial charge in [0.1, 0.15) is 23.7 Å². The highest BCUT2D eigenvalue weighted by Crippen LogP contribution is 2.44. The molecular weight excluding hydrogens is 437 g/mol. The number of amidine groups is 1. The van der Waals surface area contributed by atoms with Crippen molar-refractivity contribution < 1.29 is 29.1 Å². The first-order valence-corrected chi connectivity index (χ1v) is 10.4. The maximum atomic E-state index is 15.5. The van der Waals surface area contributed by atoms with Crippen molar-refractivity contribution in [3.8, 4) is 5.75 Å². The molecule has 33 heavy (non-hydrogen) atoms. The number of hydrogen-bond acceptors (Lipinski definition) is 8. The normalized spacial score (nSPS) is 20.0. The molecule has 11 nitrogen and oxygen atoms in total. The van der Waals surface area contributed by atoms with Crippen LogP contribution in [0.1, 0.15) is 36.2 Å². The zero-order valence-corrected chi connectivity index (χ0v) is 18.1. The molecule has 2 heterocycles. The molecule has 2 aliphatic rings. The Morgan fingerprint density at radius 2 is 2.12 bits per heavy atom. The van der Waals surface area contributed by atoms with Crippen LogP contribution in [-0.4, -0.2) is 59.2 Å². The molecular formula is C21H24FN5O6. The van der Waals surface area contributed by atoms with E-state index in [4.69, 9.17) is 20.5 Å². The van der Waals surface area contributed by atoms with Gasteiger partial charge in [0.15, 0.2) is 11.6 Å². The molecule has 2 aromatic rings. The minimum Gasteiger partial charge on any atom is -0.492 e. The monoisotopic (exact) mass is 461 g/mol. The summed E-state index contributed by atoms with van der Waals surface area (Å²) in [7, 11) is 1.36. The topological polar surface area (TPSA) is 152 Å². The van der Waals surface area contributed by atoms with E-state index in [-0.39, 0.29) is 41.8 Å². The third-order valence-corrected chi connectivity index (χ3v) is 5.83. The average molecular weight is 461 g/mol. The van der Waals surface area contributed by atoms with E-state index in [2.05, 4.69) is 10.3 Å². The number of oxime groups is 2. The summed E-state index contributed by atoms with van der Waals surface area (Å²) in [5.41, 5.74) is 5.44. The molecule has 1 aromatic carbocycles. The van der Waals surface area contributed by atoms with Crippen molar-refractivity contribution in [1.29, 1.82) is 0 Å². The Balaban J connectivity index is 1.93. The molecule has 1 saturated carbocycles. The van der Waals surface area contributed by atoms with Gasteiger partial charge in [-0.3, -0.25) is 4.79 Å². The molecule has 4 N–H and O–H groups in total.